The van der Waals surface area contributed by atoms with E-state index in [0.29, 0.717) is 28.3 Å². The number of benzene rings is 3. The minimum absolute atomic E-state index is 0.0502. The molecule has 0 aliphatic heterocycles. The van der Waals surface area contributed by atoms with E-state index in [-0.39, 0.29) is 23.4 Å². The Labute approximate surface area is 236 Å². The highest BCUT2D eigenvalue weighted by Gasteiger charge is 2.34. The average Bonchev–Trinajstić information content (AvgIpc) is 2.88. The molecule has 0 aromatic heterocycles. The largest absolute Gasteiger partial charge is 0.352 e. The first-order chi connectivity index (χ1) is 18.4. The number of sulfonamides is 1. The van der Waals surface area contributed by atoms with Crippen LogP contribution in [0.15, 0.2) is 77.7 Å². The second-order valence-electron chi connectivity index (χ2n) is 9.82. The predicted octanol–water partition coefficient (Wildman–Crippen LogP) is 5.48. The third kappa shape index (κ3) is 7.40. The Morgan fingerprint density at radius 3 is 2.18 bits per heavy atom. The van der Waals surface area contributed by atoms with Crippen molar-refractivity contribution in [3.8, 4) is 0 Å². The Bertz CT molecular complexity index is 1410. The molecule has 0 unspecified atom stereocenters. The van der Waals surface area contributed by atoms with Gasteiger partial charge >= 0.3 is 0 Å². The average molecular weight is 570 g/mol. The van der Waals surface area contributed by atoms with Gasteiger partial charge in [0.2, 0.25) is 11.8 Å². The van der Waals surface area contributed by atoms with Crippen molar-refractivity contribution in [2.24, 2.45) is 0 Å². The highest BCUT2D eigenvalue weighted by molar-refractivity contribution is 7.92. The van der Waals surface area contributed by atoms with Gasteiger partial charge in [0.05, 0.1) is 10.6 Å². The molecule has 0 saturated carbocycles. The van der Waals surface area contributed by atoms with Gasteiger partial charge in [-0.15, -0.1) is 0 Å². The Kier molecular flexibility index (Phi) is 10.2. The topological polar surface area (TPSA) is 86.8 Å². The molecule has 39 heavy (non-hydrogen) atoms. The molecule has 0 radical (unpaired) electrons. The molecule has 2 amide bonds. The van der Waals surface area contributed by atoms with E-state index in [1.807, 2.05) is 46.8 Å². The van der Waals surface area contributed by atoms with Gasteiger partial charge in [-0.1, -0.05) is 72.6 Å². The van der Waals surface area contributed by atoms with Crippen molar-refractivity contribution in [1.82, 2.24) is 10.2 Å². The highest BCUT2D eigenvalue weighted by Crippen LogP contribution is 2.28. The van der Waals surface area contributed by atoms with Crippen molar-refractivity contribution in [1.29, 1.82) is 0 Å². The zero-order valence-electron chi connectivity index (χ0n) is 23.0. The summed E-state index contributed by atoms with van der Waals surface area (Å²) in [7, 11) is -4.11. The second-order valence-corrected chi connectivity index (χ2v) is 12.1. The van der Waals surface area contributed by atoms with E-state index < -0.39 is 28.5 Å². The van der Waals surface area contributed by atoms with Crippen LogP contribution in [0.2, 0.25) is 5.02 Å². The molecule has 0 spiro atoms. The Hall–Kier alpha value is -3.36. The van der Waals surface area contributed by atoms with Crippen LogP contribution in [0.5, 0.6) is 0 Å². The summed E-state index contributed by atoms with van der Waals surface area (Å²) in [6.07, 6.45) is 0.337. The molecule has 9 heteroatoms. The van der Waals surface area contributed by atoms with E-state index in [4.69, 9.17) is 11.6 Å². The van der Waals surface area contributed by atoms with Gasteiger partial charge in [0, 0.05) is 17.6 Å². The van der Waals surface area contributed by atoms with Crippen LogP contribution in [0, 0.1) is 13.8 Å². The molecule has 3 rings (SSSR count). The molecule has 0 saturated heterocycles. The van der Waals surface area contributed by atoms with E-state index in [0.717, 1.165) is 9.87 Å². The maximum Gasteiger partial charge on any atom is 0.264 e. The van der Waals surface area contributed by atoms with Gasteiger partial charge < -0.3 is 10.2 Å². The predicted molar refractivity (Wildman–Crippen MR) is 156 cm³/mol. The fourth-order valence-electron chi connectivity index (χ4n) is 4.43. The lowest BCUT2D eigenvalue weighted by molar-refractivity contribution is -0.140. The molecule has 1 atom stereocenters. The summed E-state index contributed by atoms with van der Waals surface area (Å²) in [6, 6.07) is 19.6. The Morgan fingerprint density at radius 2 is 1.59 bits per heavy atom. The zero-order valence-corrected chi connectivity index (χ0v) is 24.6. The third-order valence-electron chi connectivity index (χ3n) is 6.35. The number of aryl methyl sites for hydroxylation is 2. The van der Waals surface area contributed by atoms with Crippen molar-refractivity contribution in [2.45, 2.75) is 64.6 Å². The normalized spacial score (nSPS) is 12.2. The quantitative estimate of drug-likeness (QED) is 0.331. The van der Waals surface area contributed by atoms with Crippen molar-refractivity contribution in [3.05, 3.63) is 94.5 Å². The summed E-state index contributed by atoms with van der Waals surface area (Å²) in [5.41, 5.74) is 2.74. The van der Waals surface area contributed by atoms with Gasteiger partial charge in [0.15, 0.2) is 0 Å². The summed E-state index contributed by atoms with van der Waals surface area (Å²) >= 11 is 6.43. The van der Waals surface area contributed by atoms with Crippen LogP contribution in [-0.4, -0.2) is 43.8 Å². The fourth-order valence-corrected chi connectivity index (χ4v) is 6.12. The van der Waals surface area contributed by atoms with Gasteiger partial charge in [-0.3, -0.25) is 13.9 Å². The first kappa shape index (κ1) is 30.2. The maximum atomic E-state index is 14.1. The fraction of sp³-hybridized carbons (Fsp3) is 0.333. The van der Waals surface area contributed by atoms with Gasteiger partial charge in [0.1, 0.15) is 12.6 Å². The lowest BCUT2D eigenvalue weighted by Gasteiger charge is -2.34. The number of anilines is 1. The standard InChI is InChI=1S/C30H36ClN3O4S/c1-6-27(30(36)32-21(2)3)33(19-24-12-10-11-15-26(24)31)29(35)20-34(28-17-16-22(4)18-23(28)5)39(37,38)25-13-8-7-9-14-25/h7-18,21,27H,6,19-20H2,1-5H3,(H,32,36)/t27-/m0/s1. The summed E-state index contributed by atoms with van der Waals surface area (Å²) in [5, 5.41) is 3.34. The smallest absolute Gasteiger partial charge is 0.264 e. The summed E-state index contributed by atoms with van der Waals surface area (Å²) in [5.74, 6) is -0.822. The molecule has 3 aromatic rings. The second kappa shape index (κ2) is 13.1. The first-order valence-corrected chi connectivity index (χ1v) is 14.8. The number of nitrogens with one attached hydrogen (secondary N) is 1. The number of hydrogen-bond donors (Lipinski definition) is 1. The van der Waals surface area contributed by atoms with Crippen molar-refractivity contribution < 1.29 is 18.0 Å². The SMILES string of the molecule is CC[C@@H](C(=O)NC(C)C)N(Cc1ccccc1Cl)C(=O)CN(c1ccc(C)cc1C)S(=O)(=O)c1ccccc1. The van der Waals surface area contributed by atoms with Crippen LogP contribution < -0.4 is 9.62 Å². The molecular weight excluding hydrogens is 534 g/mol. The minimum atomic E-state index is -4.11. The number of rotatable bonds is 11. The van der Waals surface area contributed by atoms with Crippen molar-refractivity contribution in [3.63, 3.8) is 0 Å². The molecule has 0 fully saturated rings. The highest BCUT2D eigenvalue weighted by atomic mass is 35.5. The molecule has 208 valence electrons. The number of carbonyl (C=O) groups excluding carboxylic acids is 2. The minimum Gasteiger partial charge on any atom is -0.352 e. The van der Waals surface area contributed by atoms with E-state index in [1.165, 1.54) is 17.0 Å². The number of halogens is 1. The van der Waals surface area contributed by atoms with E-state index in [1.54, 1.807) is 48.5 Å². The maximum absolute atomic E-state index is 14.1. The molecule has 0 aliphatic carbocycles. The lowest BCUT2D eigenvalue weighted by atomic mass is 10.1. The molecule has 7 nitrogen and oxygen atoms in total. The van der Waals surface area contributed by atoms with Gasteiger partial charge in [0.25, 0.3) is 10.0 Å². The van der Waals surface area contributed by atoms with Crippen LogP contribution in [0.3, 0.4) is 0 Å². The van der Waals surface area contributed by atoms with E-state index >= 15 is 0 Å². The van der Waals surface area contributed by atoms with Crippen LogP contribution >= 0.6 is 11.6 Å². The Morgan fingerprint density at radius 1 is 0.949 bits per heavy atom. The Balaban J connectivity index is 2.10. The van der Waals surface area contributed by atoms with Crippen LogP contribution in [0.4, 0.5) is 5.69 Å². The van der Waals surface area contributed by atoms with E-state index in [2.05, 4.69) is 5.32 Å². The molecule has 0 bridgehead atoms. The van der Waals surface area contributed by atoms with Crippen molar-refractivity contribution >= 4 is 39.1 Å². The van der Waals surface area contributed by atoms with Crippen LogP contribution in [0.1, 0.15) is 43.9 Å². The lowest BCUT2D eigenvalue weighted by Crippen LogP contribution is -2.53. The monoisotopic (exact) mass is 569 g/mol. The number of carbonyl (C=O) groups is 2. The molecule has 1 N–H and O–H groups in total. The molecule has 0 heterocycles. The molecule has 3 aromatic carbocycles. The third-order valence-corrected chi connectivity index (χ3v) is 8.49. The first-order valence-electron chi connectivity index (χ1n) is 12.9. The summed E-state index contributed by atoms with van der Waals surface area (Å²) < 4.78 is 29.0. The van der Waals surface area contributed by atoms with Gasteiger partial charge in [-0.05, 0) is 69.5 Å². The number of amides is 2. The van der Waals surface area contributed by atoms with Crippen LogP contribution in [0.25, 0.3) is 0 Å². The number of hydrogen-bond acceptors (Lipinski definition) is 4. The number of nitrogens with zero attached hydrogens (tertiary/aromatic N) is 2. The van der Waals surface area contributed by atoms with Gasteiger partial charge in [-0.25, -0.2) is 8.42 Å². The van der Waals surface area contributed by atoms with Crippen LogP contribution in [-0.2, 0) is 26.2 Å². The van der Waals surface area contributed by atoms with E-state index in [9.17, 15) is 18.0 Å². The van der Waals surface area contributed by atoms with Crippen molar-refractivity contribution in [2.75, 3.05) is 10.8 Å². The summed E-state index contributed by atoms with van der Waals surface area (Å²) in [4.78, 5) is 28.8. The molecule has 0 aliphatic rings. The van der Waals surface area contributed by atoms with Gasteiger partial charge in [-0.2, -0.15) is 0 Å². The molecular formula is C30H36ClN3O4S. The summed E-state index contributed by atoms with van der Waals surface area (Å²) in [6.45, 7) is 8.80. The zero-order chi connectivity index (χ0) is 28.7.